The normalized spacial score (nSPS) is 16.2. The van der Waals surface area contributed by atoms with Gasteiger partial charge in [0.2, 0.25) is 5.91 Å². The summed E-state index contributed by atoms with van der Waals surface area (Å²) < 4.78 is 13.3. The number of aromatic carboxylic acids is 1. The van der Waals surface area contributed by atoms with Gasteiger partial charge in [-0.1, -0.05) is 0 Å². The van der Waals surface area contributed by atoms with E-state index in [0.29, 0.717) is 4.90 Å². The molecule has 0 aromatic heterocycles. The van der Waals surface area contributed by atoms with Crippen molar-refractivity contribution in [1.82, 2.24) is 4.90 Å². The lowest BCUT2D eigenvalue weighted by Gasteiger charge is -2.20. The van der Waals surface area contributed by atoms with E-state index in [1.807, 2.05) is 4.90 Å². The fourth-order valence-electron chi connectivity index (χ4n) is 2.19. The molecule has 0 aliphatic carbocycles. The van der Waals surface area contributed by atoms with Gasteiger partial charge in [-0.05, 0) is 38.0 Å². The van der Waals surface area contributed by atoms with Gasteiger partial charge in [-0.3, -0.25) is 4.79 Å². The number of hydrogen-bond acceptors (Lipinski definition) is 3. The second-order valence-corrected chi connectivity index (χ2v) is 6.15. The van der Waals surface area contributed by atoms with Crippen molar-refractivity contribution in [2.45, 2.75) is 29.9 Å². The third-order valence-electron chi connectivity index (χ3n) is 3.25. The number of carbonyl (C=O) groups is 2. The number of carboxylic acids is 1. The molecule has 0 bridgehead atoms. The van der Waals surface area contributed by atoms with Crippen LogP contribution in [-0.2, 0) is 4.79 Å². The summed E-state index contributed by atoms with van der Waals surface area (Å²) in [4.78, 5) is 25.4. The number of benzene rings is 1. The zero-order valence-electron chi connectivity index (χ0n) is 11.1. The Morgan fingerprint density at radius 3 is 2.60 bits per heavy atom. The molecule has 1 aliphatic rings. The maximum Gasteiger partial charge on any atom is 0.338 e. The Balaban J connectivity index is 2.07. The first-order valence-corrected chi connectivity index (χ1v) is 7.35. The maximum atomic E-state index is 13.3. The van der Waals surface area contributed by atoms with Crippen molar-refractivity contribution in [2.75, 3.05) is 13.1 Å². The van der Waals surface area contributed by atoms with Gasteiger partial charge in [0.15, 0.2) is 0 Å². The Morgan fingerprint density at radius 2 is 2.00 bits per heavy atom. The molecule has 1 aromatic carbocycles. The smallest absolute Gasteiger partial charge is 0.338 e. The van der Waals surface area contributed by atoms with Crippen LogP contribution < -0.4 is 0 Å². The van der Waals surface area contributed by atoms with Gasteiger partial charge >= 0.3 is 5.97 Å². The van der Waals surface area contributed by atoms with E-state index in [1.165, 1.54) is 23.9 Å². The summed E-state index contributed by atoms with van der Waals surface area (Å²) >= 11 is 1.26. The van der Waals surface area contributed by atoms with Gasteiger partial charge in [0, 0.05) is 18.0 Å². The van der Waals surface area contributed by atoms with Gasteiger partial charge in [0.05, 0.1) is 10.8 Å². The minimum absolute atomic E-state index is 0.0497. The third-order valence-corrected chi connectivity index (χ3v) is 4.33. The number of hydrogen-bond donors (Lipinski definition) is 1. The Labute approximate surface area is 121 Å². The summed E-state index contributed by atoms with van der Waals surface area (Å²) in [5.41, 5.74) is -0.365. The summed E-state index contributed by atoms with van der Waals surface area (Å²) in [6.45, 7) is 3.36. The topological polar surface area (TPSA) is 57.6 Å². The van der Waals surface area contributed by atoms with Crippen LogP contribution in [0, 0.1) is 5.82 Å². The molecular formula is C14H16FNO3S. The van der Waals surface area contributed by atoms with Crippen molar-refractivity contribution in [3.63, 3.8) is 0 Å². The number of halogens is 1. The molecule has 0 saturated carbocycles. The van der Waals surface area contributed by atoms with Gasteiger partial charge in [0.25, 0.3) is 0 Å². The molecule has 1 saturated heterocycles. The van der Waals surface area contributed by atoms with Crippen molar-refractivity contribution in [3.05, 3.63) is 29.6 Å². The molecular weight excluding hydrogens is 281 g/mol. The minimum Gasteiger partial charge on any atom is -0.478 e. The molecule has 0 radical (unpaired) electrons. The Bertz CT molecular complexity index is 529. The van der Waals surface area contributed by atoms with E-state index >= 15 is 0 Å². The van der Waals surface area contributed by atoms with Crippen molar-refractivity contribution < 1.29 is 19.1 Å². The van der Waals surface area contributed by atoms with E-state index in [4.69, 9.17) is 5.11 Å². The first kappa shape index (κ1) is 14.8. The quantitative estimate of drug-likeness (QED) is 0.868. The molecule has 1 aliphatic heterocycles. The van der Waals surface area contributed by atoms with Crippen LogP contribution in [0.4, 0.5) is 4.39 Å². The Kier molecular flexibility index (Phi) is 4.65. The molecule has 108 valence electrons. The van der Waals surface area contributed by atoms with Gasteiger partial charge < -0.3 is 10.0 Å². The molecule has 1 aromatic rings. The monoisotopic (exact) mass is 297 g/mol. The van der Waals surface area contributed by atoms with Crippen molar-refractivity contribution in [1.29, 1.82) is 0 Å². The SMILES string of the molecule is CC(Sc1ccc(F)c(C(=O)O)c1)C(=O)N1CCCC1. The number of nitrogens with zero attached hydrogens (tertiary/aromatic N) is 1. The first-order valence-electron chi connectivity index (χ1n) is 6.47. The Morgan fingerprint density at radius 1 is 1.35 bits per heavy atom. The van der Waals surface area contributed by atoms with Crippen molar-refractivity contribution in [3.8, 4) is 0 Å². The van der Waals surface area contributed by atoms with E-state index in [1.54, 1.807) is 6.92 Å². The van der Waals surface area contributed by atoms with E-state index in [-0.39, 0.29) is 16.7 Å². The summed E-state index contributed by atoms with van der Waals surface area (Å²) in [6, 6.07) is 3.90. The predicted octanol–water partition coefficient (Wildman–Crippen LogP) is 2.63. The number of amides is 1. The second-order valence-electron chi connectivity index (χ2n) is 4.74. The Hall–Kier alpha value is -1.56. The fourth-order valence-corrected chi connectivity index (χ4v) is 3.18. The number of likely N-dealkylation sites (tertiary alicyclic amines) is 1. The molecule has 1 fully saturated rings. The molecule has 6 heteroatoms. The lowest BCUT2D eigenvalue weighted by atomic mass is 10.2. The standard InChI is InChI=1S/C14H16FNO3S/c1-9(13(17)16-6-2-3-7-16)20-10-4-5-12(15)11(8-10)14(18)19/h4-5,8-9H,2-3,6-7H2,1H3,(H,18,19). The summed E-state index contributed by atoms with van der Waals surface area (Å²) in [5.74, 6) is -2.02. The molecule has 1 atom stereocenters. The number of thioether (sulfide) groups is 1. The van der Waals surface area contributed by atoms with E-state index in [9.17, 15) is 14.0 Å². The van der Waals surface area contributed by atoms with Crippen LogP contribution in [0.25, 0.3) is 0 Å². The number of rotatable bonds is 4. The molecule has 1 N–H and O–H groups in total. The van der Waals surface area contributed by atoms with Gasteiger partial charge in [-0.2, -0.15) is 0 Å². The highest BCUT2D eigenvalue weighted by Gasteiger charge is 2.24. The minimum atomic E-state index is -1.30. The van der Waals surface area contributed by atoms with Crippen LogP contribution in [0.2, 0.25) is 0 Å². The van der Waals surface area contributed by atoms with Gasteiger partial charge in [0.1, 0.15) is 5.82 Å². The number of carboxylic acid groups (broad SMARTS) is 1. The van der Waals surface area contributed by atoms with E-state index in [0.717, 1.165) is 32.0 Å². The van der Waals surface area contributed by atoms with Crippen LogP contribution in [0.5, 0.6) is 0 Å². The molecule has 1 unspecified atom stereocenters. The maximum absolute atomic E-state index is 13.3. The van der Waals surface area contributed by atoms with Crippen molar-refractivity contribution in [2.24, 2.45) is 0 Å². The lowest BCUT2D eigenvalue weighted by molar-refractivity contribution is -0.129. The molecule has 2 rings (SSSR count). The van der Waals surface area contributed by atoms with Crippen LogP contribution in [0.3, 0.4) is 0 Å². The zero-order chi connectivity index (χ0) is 14.7. The first-order chi connectivity index (χ1) is 9.49. The largest absolute Gasteiger partial charge is 0.478 e. The van der Waals surface area contributed by atoms with E-state index in [2.05, 4.69) is 0 Å². The third kappa shape index (κ3) is 3.30. The fraction of sp³-hybridized carbons (Fsp3) is 0.429. The lowest BCUT2D eigenvalue weighted by Crippen LogP contribution is -2.34. The predicted molar refractivity (Wildman–Crippen MR) is 74.5 cm³/mol. The molecule has 4 nitrogen and oxygen atoms in total. The van der Waals surface area contributed by atoms with Crippen LogP contribution in [0.1, 0.15) is 30.1 Å². The summed E-state index contributed by atoms with van der Waals surface area (Å²) in [7, 11) is 0. The molecule has 0 spiro atoms. The highest BCUT2D eigenvalue weighted by atomic mass is 32.2. The van der Waals surface area contributed by atoms with Crippen LogP contribution in [0.15, 0.2) is 23.1 Å². The van der Waals surface area contributed by atoms with Crippen LogP contribution >= 0.6 is 11.8 Å². The molecule has 20 heavy (non-hydrogen) atoms. The summed E-state index contributed by atoms with van der Waals surface area (Å²) in [5, 5.41) is 8.58. The van der Waals surface area contributed by atoms with Gasteiger partial charge in [-0.15, -0.1) is 11.8 Å². The average molecular weight is 297 g/mol. The molecule has 1 heterocycles. The molecule has 1 amide bonds. The zero-order valence-corrected chi connectivity index (χ0v) is 12.0. The highest BCUT2D eigenvalue weighted by Crippen LogP contribution is 2.27. The summed E-state index contributed by atoms with van der Waals surface area (Å²) in [6.07, 6.45) is 2.06. The number of carbonyl (C=O) groups excluding carboxylic acids is 1. The van der Waals surface area contributed by atoms with Gasteiger partial charge in [-0.25, -0.2) is 9.18 Å². The second kappa shape index (κ2) is 6.26. The van der Waals surface area contributed by atoms with Crippen molar-refractivity contribution >= 4 is 23.6 Å². The average Bonchev–Trinajstić information content (AvgIpc) is 2.93. The highest BCUT2D eigenvalue weighted by molar-refractivity contribution is 8.00. The van der Waals surface area contributed by atoms with Crippen LogP contribution in [-0.4, -0.2) is 40.2 Å². The van der Waals surface area contributed by atoms with E-state index < -0.39 is 11.8 Å².